The summed E-state index contributed by atoms with van der Waals surface area (Å²) in [6.45, 7) is 8.33. The van der Waals surface area contributed by atoms with Gasteiger partial charge in [-0.25, -0.2) is 0 Å². The third-order valence-corrected chi connectivity index (χ3v) is 4.65. The summed E-state index contributed by atoms with van der Waals surface area (Å²) in [6.07, 6.45) is 4.64. The minimum Gasteiger partial charge on any atom is -0.391 e. The Morgan fingerprint density at radius 3 is 2.74 bits per heavy atom. The van der Waals surface area contributed by atoms with Gasteiger partial charge >= 0.3 is 0 Å². The van der Waals surface area contributed by atoms with Crippen molar-refractivity contribution in [2.45, 2.75) is 63.8 Å². The molecule has 1 saturated carbocycles. The topological polar surface area (TPSA) is 35.9 Å². The smallest absolute Gasteiger partial charge is 0.0829 e. The number of nitrogens with zero attached hydrogens (tertiary/aromatic N) is 2. The molecule has 2 fully saturated rings. The van der Waals surface area contributed by atoms with Gasteiger partial charge in [0.15, 0.2) is 0 Å². The molecule has 3 unspecified atom stereocenters. The van der Waals surface area contributed by atoms with Gasteiger partial charge in [0.1, 0.15) is 0 Å². The van der Waals surface area contributed by atoms with Crippen LogP contribution in [0.25, 0.3) is 0 Å². The minimum atomic E-state index is -0.149. The fraction of sp³-hybridized carbons (Fsp3) is 1.00. The van der Waals surface area contributed by atoms with Crippen molar-refractivity contribution in [2.75, 3.05) is 33.3 Å². The van der Waals surface area contributed by atoms with Crippen LogP contribution in [0.5, 0.6) is 0 Å². The Labute approximate surface area is 117 Å². The first-order valence-electron chi connectivity index (χ1n) is 7.82. The van der Waals surface area contributed by atoms with Gasteiger partial charge in [-0.3, -0.25) is 9.80 Å². The molecule has 4 heteroatoms. The van der Waals surface area contributed by atoms with Crippen molar-refractivity contribution in [3.05, 3.63) is 0 Å². The van der Waals surface area contributed by atoms with Gasteiger partial charge in [-0.1, -0.05) is 12.8 Å². The molecular formula is C15H30N2O2. The summed E-state index contributed by atoms with van der Waals surface area (Å²) < 4.78 is 5.89. The lowest BCUT2D eigenvalue weighted by molar-refractivity contribution is -0.0642. The number of morpholine rings is 1. The summed E-state index contributed by atoms with van der Waals surface area (Å²) in [5.41, 5.74) is 0. The molecule has 3 atom stereocenters. The molecular weight excluding hydrogens is 240 g/mol. The SMILES string of the molecule is CC(C)N1CCOC(CN(C)C2CCCCC2O)C1. The zero-order chi connectivity index (χ0) is 13.8. The molecule has 0 aromatic rings. The van der Waals surface area contributed by atoms with E-state index in [0.29, 0.717) is 12.1 Å². The molecule has 2 aliphatic rings. The van der Waals surface area contributed by atoms with Crippen LogP contribution in [-0.4, -0.2) is 72.5 Å². The average Bonchev–Trinajstić information content (AvgIpc) is 2.39. The van der Waals surface area contributed by atoms with Crippen LogP contribution < -0.4 is 0 Å². The zero-order valence-corrected chi connectivity index (χ0v) is 12.7. The van der Waals surface area contributed by atoms with E-state index in [0.717, 1.165) is 39.1 Å². The van der Waals surface area contributed by atoms with Crippen LogP contribution in [-0.2, 0) is 4.74 Å². The highest BCUT2D eigenvalue weighted by Crippen LogP contribution is 2.23. The molecule has 19 heavy (non-hydrogen) atoms. The van der Waals surface area contributed by atoms with Crippen molar-refractivity contribution < 1.29 is 9.84 Å². The van der Waals surface area contributed by atoms with Gasteiger partial charge in [-0.05, 0) is 33.7 Å². The van der Waals surface area contributed by atoms with E-state index in [9.17, 15) is 5.11 Å². The van der Waals surface area contributed by atoms with Gasteiger partial charge in [0.2, 0.25) is 0 Å². The van der Waals surface area contributed by atoms with Crippen LogP contribution in [0.4, 0.5) is 0 Å². The molecule has 1 N–H and O–H groups in total. The summed E-state index contributed by atoms with van der Waals surface area (Å²) in [6, 6.07) is 0.920. The maximum atomic E-state index is 10.1. The van der Waals surface area contributed by atoms with Crippen molar-refractivity contribution in [1.29, 1.82) is 0 Å². The Morgan fingerprint density at radius 1 is 1.32 bits per heavy atom. The van der Waals surface area contributed by atoms with Crippen molar-refractivity contribution in [1.82, 2.24) is 9.80 Å². The summed E-state index contributed by atoms with van der Waals surface area (Å²) in [4.78, 5) is 4.80. The van der Waals surface area contributed by atoms with E-state index in [2.05, 4.69) is 30.7 Å². The standard InChI is InChI=1S/C15H30N2O2/c1-12(2)17-8-9-19-13(11-17)10-16(3)14-6-4-5-7-15(14)18/h12-15,18H,4-11H2,1-3H3. The van der Waals surface area contributed by atoms with Gasteiger partial charge < -0.3 is 9.84 Å². The van der Waals surface area contributed by atoms with E-state index in [1.54, 1.807) is 0 Å². The van der Waals surface area contributed by atoms with Crippen LogP contribution >= 0.6 is 0 Å². The molecule has 1 saturated heterocycles. The summed E-state index contributed by atoms with van der Waals surface area (Å²) in [5, 5.41) is 10.1. The third kappa shape index (κ3) is 4.15. The Morgan fingerprint density at radius 2 is 2.05 bits per heavy atom. The molecule has 0 aromatic heterocycles. The highest BCUT2D eigenvalue weighted by atomic mass is 16.5. The number of hydrogen-bond acceptors (Lipinski definition) is 4. The van der Waals surface area contributed by atoms with Crippen molar-refractivity contribution in [2.24, 2.45) is 0 Å². The molecule has 112 valence electrons. The van der Waals surface area contributed by atoms with Gasteiger partial charge in [0, 0.05) is 31.7 Å². The molecule has 4 nitrogen and oxygen atoms in total. The second kappa shape index (κ2) is 7.02. The van der Waals surface area contributed by atoms with Crippen LogP contribution in [0.1, 0.15) is 39.5 Å². The molecule has 0 radical (unpaired) electrons. The van der Waals surface area contributed by atoms with E-state index in [1.165, 1.54) is 12.8 Å². The largest absolute Gasteiger partial charge is 0.391 e. The predicted molar refractivity (Wildman–Crippen MR) is 77.3 cm³/mol. The Balaban J connectivity index is 1.82. The molecule has 0 spiro atoms. The number of aliphatic hydroxyl groups is 1. The molecule has 0 aromatic carbocycles. The summed E-state index contributed by atoms with van der Waals surface area (Å²) >= 11 is 0. The summed E-state index contributed by atoms with van der Waals surface area (Å²) in [7, 11) is 2.14. The van der Waals surface area contributed by atoms with Crippen LogP contribution in [0, 0.1) is 0 Å². The first-order valence-corrected chi connectivity index (χ1v) is 7.82. The van der Waals surface area contributed by atoms with Gasteiger partial charge in [0.05, 0.1) is 18.8 Å². The second-order valence-corrected chi connectivity index (χ2v) is 6.44. The number of hydrogen-bond donors (Lipinski definition) is 1. The molecule has 1 heterocycles. The van der Waals surface area contributed by atoms with Gasteiger partial charge in [0.25, 0.3) is 0 Å². The van der Waals surface area contributed by atoms with Gasteiger partial charge in [-0.2, -0.15) is 0 Å². The zero-order valence-electron chi connectivity index (χ0n) is 12.7. The first-order chi connectivity index (χ1) is 9.08. The fourth-order valence-corrected chi connectivity index (χ4v) is 3.38. The fourth-order valence-electron chi connectivity index (χ4n) is 3.38. The molecule has 0 bridgehead atoms. The minimum absolute atomic E-state index is 0.149. The van der Waals surface area contributed by atoms with Gasteiger partial charge in [-0.15, -0.1) is 0 Å². The average molecular weight is 270 g/mol. The van der Waals surface area contributed by atoms with E-state index in [-0.39, 0.29) is 12.2 Å². The summed E-state index contributed by atoms with van der Waals surface area (Å²) in [5.74, 6) is 0. The second-order valence-electron chi connectivity index (χ2n) is 6.44. The third-order valence-electron chi connectivity index (χ3n) is 4.65. The van der Waals surface area contributed by atoms with Crippen molar-refractivity contribution in [3.63, 3.8) is 0 Å². The molecule has 2 rings (SSSR count). The van der Waals surface area contributed by atoms with E-state index >= 15 is 0 Å². The lowest BCUT2D eigenvalue weighted by atomic mass is 9.91. The maximum Gasteiger partial charge on any atom is 0.0829 e. The lowest BCUT2D eigenvalue weighted by Crippen LogP contribution is -2.52. The quantitative estimate of drug-likeness (QED) is 0.836. The number of rotatable bonds is 4. The number of likely N-dealkylation sites (N-methyl/N-ethyl adjacent to an activating group) is 1. The molecule has 0 amide bonds. The Bertz CT molecular complexity index is 273. The van der Waals surface area contributed by atoms with E-state index < -0.39 is 0 Å². The number of ether oxygens (including phenoxy) is 1. The highest BCUT2D eigenvalue weighted by molar-refractivity contribution is 4.84. The van der Waals surface area contributed by atoms with Crippen LogP contribution in [0.2, 0.25) is 0 Å². The normalized spacial score (nSPS) is 34.1. The van der Waals surface area contributed by atoms with E-state index in [4.69, 9.17) is 4.74 Å². The van der Waals surface area contributed by atoms with Crippen molar-refractivity contribution >= 4 is 0 Å². The van der Waals surface area contributed by atoms with E-state index in [1.807, 2.05) is 0 Å². The van der Waals surface area contributed by atoms with Crippen molar-refractivity contribution in [3.8, 4) is 0 Å². The Kier molecular flexibility index (Phi) is 5.63. The van der Waals surface area contributed by atoms with Crippen LogP contribution in [0.15, 0.2) is 0 Å². The first kappa shape index (κ1) is 15.2. The predicted octanol–water partition coefficient (Wildman–Crippen LogP) is 1.33. The molecule has 1 aliphatic heterocycles. The maximum absolute atomic E-state index is 10.1. The number of aliphatic hydroxyl groups excluding tert-OH is 1. The molecule has 1 aliphatic carbocycles. The van der Waals surface area contributed by atoms with Crippen LogP contribution in [0.3, 0.4) is 0 Å². The monoisotopic (exact) mass is 270 g/mol. The lowest BCUT2D eigenvalue weighted by Gasteiger charge is -2.40. The highest BCUT2D eigenvalue weighted by Gasteiger charge is 2.30. The Hall–Kier alpha value is -0.160.